The van der Waals surface area contributed by atoms with Crippen molar-refractivity contribution in [2.24, 2.45) is 4.99 Å². The van der Waals surface area contributed by atoms with Crippen LogP contribution >= 0.6 is 0 Å². The van der Waals surface area contributed by atoms with Crippen molar-refractivity contribution in [2.75, 3.05) is 24.5 Å². The van der Waals surface area contributed by atoms with E-state index in [1.165, 1.54) is 30.3 Å². The number of nitrogens with zero attached hydrogens (tertiary/aromatic N) is 2. The number of para-hydroxylation sites is 1. The first-order chi connectivity index (χ1) is 13.5. The van der Waals surface area contributed by atoms with Crippen molar-refractivity contribution in [3.05, 3.63) is 59.4 Å². The minimum Gasteiger partial charge on any atom is -0.505 e. The van der Waals surface area contributed by atoms with E-state index in [9.17, 15) is 18.3 Å². The van der Waals surface area contributed by atoms with Crippen molar-refractivity contribution in [1.82, 2.24) is 10.6 Å². The number of halogens is 3. The maximum absolute atomic E-state index is 14.0. The Kier molecular flexibility index (Phi) is 6.28. The molecule has 1 fully saturated rings. The zero-order chi connectivity index (χ0) is 20.1. The van der Waals surface area contributed by atoms with Gasteiger partial charge in [-0.1, -0.05) is 12.1 Å². The second-order valence-corrected chi connectivity index (χ2v) is 6.63. The number of hydrogen-bond acceptors (Lipinski definition) is 3. The Balaban J connectivity index is 1.65. The molecule has 0 bridgehead atoms. The van der Waals surface area contributed by atoms with Gasteiger partial charge in [-0.15, -0.1) is 0 Å². The van der Waals surface area contributed by atoms with Crippen LogP contribution in [0, 0.1) is 17.5 Å². The lowest BCUT2D eigenvalue weighted by Crippen LogP contribution is -2.44. The largest absolute Gasteiger partial charge is 0.505 e. The van der Waals surface area contributed by atoms with E-state index < -0.39 is 23.2 Å². The summed E-state index contributed by atoms with van der Waals surface area (Å²) < 4.78 is 41.4. The summed E-state index contributed by atoms with van der Waals surface area (Å²) in [5.41, 5.74) is 0.613. The van der Waals surface area contributed by atoms with Crippen LogP contribution in [-0.2, 0) is 6.54 Å². The fourth-order valence-electron chi connectivity index (χ4n) is 3.20. The van der Waals surface area contributed by atoms with Gasteiger partial charge in [0.25, 0.3) is 0 Å². The molecule has 1 aliphatic rings. The van der Waals surface area contributed by atoms with Gasteiger partial charge in [0.2, 0.25) is 0 Å². The van der Waals surface area contributed by atoms with Crippen LogP contribution in [-0.4, -0.2) is 36.7 Å². The third kappa shape index (κ3) is 4.68. The summed E-state index contributed by atoms with van der Waals surface area (Å²) >= 11 is 0. The molecule has 1 atom stereocenters. The lowest BCUT2D eigenvalue weighted by molar-refractivity contribution is 0.432. The van der Waals surface area contributed by atoms with E-state index in [0.717, 1.165) is 0 Å². The molecule has 0 saturated carbocycles. The molecule has 0 aromatic heterocycles. The van der Waals surface area contributed by atoms with Crippen molar-refractivity contribution in [1.29, 1.82) is 0 Å². The predicted molar refractivity (Wildman–Crippen MR) is 103 cm³/mol. The molecule has 0 aliphatic carbocycles. The SMILES string of the molecule is CCNC(=NCc1ccc(O)c(F)c1)NC1CCN(c2c(F)cccc2F)C1. The molecule has 150 valence electrons. The van der Waals surface area contributed by atoms with Gasteiger partial charge < -0.3 is 20.6 Å². The zero-order valence-electron chi connectivity index (χ0n) is 15.6. The van der Waals surface area contributed by atoms with Crippen LogP contribution in [0.1, 0.15) is 18.9 Å². The summed E-state index contributed by atoms with van der Waals surface area (Å²) in [5.74, 6) is -1.70. The molecule has 0 amide bonds. The zero-order valence-corrected chi connectivity index (χ0v) is 15.6. The molecule has 3 rings (SSSR count). The van der Waals surface area contributed by atoms with Crippen LogP contribution < -0.4 is 15.5 Å². The van der Waals surface area contributed by atoms with Gasteiger partial charge >= 0.3 is 0 Å². The molecule has 0 spiro atoms. The lowest BCUT2D eigenvalue weighted by atomic mass is 10.2. The van der Waals surface area contributed by atoms with Gasteiger partial charge in [-0.3, -0.25) is 0 Å². The second-order valence-electron chi connectivity index (χ2n) is 6.63. The van der Waals surface area contributed by atoms with Gasteiger partial charge in [-0.2, -0.15) is 0 Å². The molecule has 1 aliphatic heterocycles. The minimum absolute atomic E-state index is 0.00620. The number of aliphatic imine (C=N–C) groups is 1. The smallest absolute Gasteiger partial charge is 0.191 e. The van der Waals surface area contributed by atoms with Crippen molar-refractivity contribution in [3.8, 4) is 5.75 Å². The summed E-state index contributed by atoms with van der Waals surface area (Å²) in [6.45, 7) is 3.75. The Morgan fingerprint density at radius 3 is 2.61 bits per heavy atom. The van der Waals surface area contributed by atoms with E-state index in [0.29, 0.717) is 37.6 Å². The standard InChI is InChI=1S/C20H23F3N4O/c1-2-24-20(25-11-13-6-7-18(28)17(23)10-13)26-14-8-9-27(12-14)19-15(21)4-3-5-16(19)22/h3-7,10,14,28H,2,8-9,11-12H2,1H3,(H2,24,25,26). The molecule has 8 heteroatoms. The molecule has 1 heterocycles. The molecule has 28 heavy (non-hydrogen) atoms. The Bertz CT molecular complexity index is 839. The Hall–Kier alpha value is -2.90. The lowest BCUT2D eigenvalue weighted by Gasteiger charge is -2.21. The van der Waals surface area contributed by atoms with E-state index in [1.54, 1.807) is 11.0 Å². The van der Waals surface area contributed by atoms with E-state index in [1.807, 2.05) is 6.92 Å². The summed E-state index contributed by atoms with van der Waals surface area (Å²) in [4.78, 5) is 6.11. The topological polar surface area (TPSA) is 59.9 Å². The Morgan fingerprint density at radius 1 is 1.18 bits per heavy atom. The summed E-state index contributed by atoms with van der Waals surface area (Å²) in [6, 6.07) is 7.95. The molecule has 3 N–H and O–H groups in total. The number of nitrogens with one attached hydrogen (secondary N) is 2. The van der Waals surface area contributed by atoms with Crippen LogP contribution in [0.5, 0.6) is 5.75 Å². The van der Waals surface area contributed by atoms with Crippen LogP contribution in [0.15, 0.2) is 41.4 Å². The van der Waals surface area contributed by atoms with Gasteiger partial charge in [0.15, 0.2) is 17.5 Å². The fourth-order valence-corrected chi connectivity index (χ4v) is 3.20. The van der Waals surface area contributed by atoms with Crippen molar-refractivity contribution >= 4 is 11.6 Å². The minimum atomic E-state index is -0.691. The fraction of sp³-hybridized carbons (Fsp3) is 0.350. The predicted octanol–water partition coefficient (Wildman–Crippen LogP) is 3.14. The molecule has 5 nitrogen and oxygen atoms in total. The van der Waals surface area contributed by atoms with Crippen molar-refractivity contribution < 1.29 is 18.3 Å². The van der Waals surface area contributed by atoms with Crippen LogP contribution in [0.3, 0.4) is 0 Å². The van der Waals surface area contributed by atoms with Gasteiger partial charge in [0.05, 0.1) is 6.54 Å². The molecule has 2 aromatic carbocycles. The Morgan fingerprint density at radius 2 is 1.93 bits per heavy atom. The van der Waals surface area contributed by atoms with Gasteiger partial charge in [0.1, 0.15) is 17.3 Å². The number of guanidine groups is 1. The highest BCUT2D eigenvalue weighted by molar-refractivity contribution is 5.80. The molecular weight excluding hydrogens is 369 g/mol. The van der Waals surface area contributed by atoms with Crippen molar-refractivity contribution in [2.45, 2.75) is 25.9 Å². The van der Waals surface area contributed by atoms with E-state index >= 15 is 0 Å². The molecule has 1 saturated heterocycles. The van der Waals surface area contributed by atoms with Gasteiger partial charge in [-0.25, -0.2) is 18.2 Å². The van der Waals surface area contributed by atoms with Gasteiger partial charge in [0, 0.05) is 25.7 Å². The van der Waals surface area contributed by atoms with Crippen LogP contribution in [0.25, 0.3) is 0 Å². The number of phenols is 1. The van der Waals surface area contributed by atoms with E-state index in [4.69, 9.17) is 0 Å². The Labute approximate surface area is 161 Å². The number of aromatic hydroxyl groups is 1. The van der Waals surface area contributed by atoms with E-state index in [-0.39, 0.29) is 18.3 Å². The van der Waals surface area contributed by atoms with Crippen molar-refractivity contribution in [3.63, 3.8) is 0 Å². The number of phenolic OH excluding ortho intramolecular Hbond substituents is 1. The van der Waals surface area contributed by atoms with Crippen LogP contribution in [0.2, 0.25) is 0 Å². The quantitative estimate of drug-likeness (QED) is 0.541. The number of rotatable bonds is 5. The van der Waals surface area contributed by atoms with Gasteiger partial charge in [-0.05, 0) is 43.2 Å². The number of anilines is 1. The maximum Gasteiger partial charge on any atom is 0.191 e. The highest BCUT2D eigenvalue weighted by Gasteiger charge is 2.27. The first-order valence-electron chi connectivity index (χ1n) is 9.19. The monoisotopic (exact) mass is 392 g/mol. The molecule has 2 aromatic rings. The first kappa shape index (κ1) is 19.9. The highest BCUT2D eigenvalue weighted by Crippen LogP contribution is 2.26. The summed E-state index contributed by atoms with van der Waals surface area (Å²) in [5, 5.41) is 15.6. The normalized spacial score (nSPS) is 17.1. The van der Waals surface area contributed by atoms with E-state index in [2.05, 4.69) is 15.6 Å². The highest BCUT2D eigenvalue weighted by atomic mass is 19.1. The third-order valence-electron chi connectivity index (χ3n) is 4.56. The average molecular weight is 392 g/mol. The maximum atomic E-state index is 14.0. The molecule has 1 unspecified atom stereocenters. The molecule has 0 radical (unpaired) electrons. The average Bonchev–Trinajstić information content (AvgIpc) is 3.10. The third-order valence-corrected chi connectivity index (χ3v) is 4.56. The second kappa shape index (κ2) is 8.86. The number of benzene rings is 2. The summed E-state index contributed by atoms with van der Waals surface area (Å²) in [7, 11) is 0. The summed E-state index contributed by atoms with van der Waals surface area (Å²) in [6.07, 6.45) is 0.700. The first-order valence-corrected chi connectivity index (χ1v) is 9.19. The molecular formula is C20H23F3N4O. The number of hydrogen-bond donors (Lipinski definition) is 3. The van der Waals surface area contributed by atoms with Crippen LogP contribution in [0.4, 0.5) is 18.9 Å².